The van der Waals surface area contributed by atoms with E-state index in [0.717, 1.165) is 18.8 Å². The molecular weight excluding hydrogens is 272 g/mol. The zero-order chi connectivity index (χ0) is 13.7. The predicted octanol–water partition coefficient (Wildman–Crippen LogP) is 3.40. The van der Waals surface area contributed by atoms with E-state index in [4.69, 9.17) is 5.73 Å². The van der Waals surface area contributed by atoms with E-state index in [-0.39, 0.29) is 24.4 Å². The molecule has 2 rings (SSSR count). The molecule has 0 aromatic rings. The summed E-state index contributed by atoms with van der Waals surface area (Å²) in [7, 11) is 0. The van der Waals surface area contributed by atoms with Gasteiger partial charge in [-0.3, -0.25) is 4.79 Å². The van der Waals surface area contributed by atoms with Gasteiger partial charge in [-0.15, -0.1) is 12.4 Å². The Morgan fingerprint density at radius 3 is 2.60 bits per heavy atom. The van der Waals surface area contributed by atoms with E-state index in [1.807, 2.05) is 0 Å². The summed E-state index contributed by atoms with van der Waals surface area (Å²) in [6.45, 7) is 2.26. The lowest BCUT2D eigenvalue weighted by Crippen LogP contribution is -2.42. The molecule has 3 nitrogen and oxygen atoms in total. The molecule has 0 spiro atoms. The second-order valence-electron chi connectivity index (χ2n) is 6.62. The Labute approximate surface area is 129 Å². The van der Waals surface area contributed by atoms with Gasteiger partial charge in [-0.05, 0) is 37.5 Å². The number of hydrogen-bond acceptors (Lipinski definition) is 2. The van der Waals surface area contributed by atoms with E-state index in [9.17, 15) is 4.79 Å². The summed E-state index contributed by atoms with van der Waals surface area (Å²) in [4.78, 5) is 12.2. The number of nitrogens with two attached hydrogens (primary N) is 1. The molecule has 0 aromatic carbocycles. The maximum absolute atomic E-state index is 12.2. The number of hydrogen-bond donors (Lipinski definition) is 2. The Bertz CT molecular complexity index is 298. The molecule has 2 fully saturated rings. The molecular formula is C16H31ClN2O. The van der Waals surface area contributed by atoms with Gasteiger partial charge in [0.05, 0.1) is 0 Å². The largest absolute Gasteiger partial charge is 0.353 e. The molecule has 2 saturated carbocycles. The molecule has 0 aromatic heterocycles. The predicted molar refractivity (Wildman–Crippen MR) is 86.0 cm³/mol. The summed E-state index contributed by atoms with van der Waals surface area (Å²) >= 11 is 0. The van der Waals surface area contributed by atoms with Gasteiger partial charge in [0.2, 0.25) is 5.91 Å². The number of nitrogens with one attached hydrogen (secondary N) is 1. The second-order valence-corrected chi connectivity index (χ2v) is 6.62. The van der Waals surface area contributed by atoms with Gasteiger partial charge in [-0.25, -0.2) is 0 Å². The quantitative estimate of drug-likeness (QED) is 0.836. The van der Waals surface area contributed by atoms with Crippen molar-refractivity contribution in [1.29, 1.82) is 0 Å². The first-order chi connectivity index (χ1) is 9.19. The summed E-state index contributed by atoms with van der Waals surface area (Å²) in [6.07, 6.45) is 11.6. The van der Waals surface area contributed by atoms with Gasteiger partial charge in [-0.1, -0.05) is 39.0 Å². The van der Waals surface area contributed by atoms with Crippen molar-refractivity contribution in [3.63, 3.8) is 0 Å². The topological polar surface area (TPSA) is 55.1 Å². The Kier molecular flexibility index (Phi) is 7.90. The standard InChI is InChI=1S/C16H30N2O.ClH/c1-2-12-6-5-8-14(10-12)18-16(19)11-13-7-3-4-9-15(13)17;/h12-15H,2-11,17H2,1H3,(H,18,19);1H. The number of rotatable bonds is 4. The Morgan fingerprint density at radius 2 is 1.90 bits per heavy atom. The van der Waals surface area contributed by atoms with Crippen molar-refractivity contribution < 1.29 is 4.79 Å². The Morgan fingerprint density at radius 1 is 1.15 bits per heavy atom. The van der Waals surface area contributed by atoms with E-state index in [2.05, 4.69) is 12.2 Å². The first-order valence-electron chi connectivity index (χ1n) is 8.24. The number of amides is 1. The minimum atomic E-state index is 0. The third kappa shape index (κ3) is 5.25. The molecule has 4 unspecified atom stereocenters. The third-order valence-corrected chi connectivity index (χ3v) is 5.14. The SMILES string of the molecule is CCC1CCCC(NC(=O)CC2CCCCC2N)C1.Cl. The van der Waals surface area contributed by atoms with Crippen LogP contribution in [0.2, 0.25) is 0 Å². The van der Waals surface area contributed by atoms with Crippen LogP contribution < -0.4 is 11.1 Å². The third-order valence-electron chi connectivity index (χ3n) is 5.14. The molecule has 3 N–H and O–H groups in total. The van der Waals surface area contributed by atoms with Crippen molar-refractivity contribution in [2.75, 3.05) is 0 Å². The first-order valence-corrected chi connectivity index (χ1v) is 8.24. The van der Waals surface area contributed by atoms with Crippen LogP contribution in [0.4, 0.5) is 0 Å². The lowest BCUT2D eigenvalue weighted by atomic mass is 9.82. The molecule has 2 aliphatic carbocycles. The molecule has 2 aliphatic rings. The van der Waals surface area contributed by atoms with Crippen LogP contribution in [0.3, 0.4) is 0 Å². The molecule has 4 atom stereocenters. The molecule has 0 saturated heterocycles. The smallest absolute Gasteiger partial charge is 0.220 e. The summed E-state index contributed by atoms with van der Waals surface area (Å²) in [5, 5.41) is 3.26. The highest BCUT2D eigenvalue weighted by molar-refractivity contribution is 5.85. The maximum atomic E-state index is 12.2. The van der Waals surface area contributed by atoms with Gasteiger partial charge in [0, 0.05) is 18.5 Å². The minimum absolute atomic E-state index is 0. The van der Waals surface area contributed by atoms with Crippen LogP contribution in [0, 0.1) is 11.8 Å². The summed E-state index contributed by atoms with van der Waals surface area (Å²) in [6, 6.07) is 0.667. The number of carbonyl (C=O) groups is 1. The fourth-order valence-electron chi connectivity index (χ4n) is 3.81. The molecule has 118 valence electrons. The van der Waals surface area contributed by atoms with Gasteiger partial charge < -0.3 is 11.1 Å². The lowest BCUT2D eigenvalue weighted by molar-refractivity contribution is -0.123. The van der Waals surface area contributed by atoms with Gasteiger partial charge in [0.25, 0.3) is 0 Å². The average molecular weight is 303 g/mol. The molecule has 0 heterocycles. The Balaban J connectivity index is 0.00000200. The molecule has 1 amide bonds. The fraction of sp³-hybridized carbons (Fsp3) is 0.938. The van der Waals surface area contributed by atoms with Gasteiger partial charge in [0.1, 0.15) is 0 Å². The van der Waals surface area contributed by atoms with Crippen molar-refractivity contribution in [3.05, 3.63) is 0 Å². The van der Waals surface area contributed by atoms with Crippen LogP contribution in [0.5, 0.6) is 0 Å². The van der Waals surface area contributed by atoms with Crippen molar-refractivity contribution in [2.24, 2.45) is 17.6 Å². The van der Waals surface area contributed by atoms with Crippen LogP contribution in [0.1, 0.15) is 71.1 Å². The highest BCUT2D eigenvalue weighted by Crippen LogP contribution is 2.28. The van der Waals surface area contributed by atoms with Crippen molar-refractivity contribution >= 4 is 18.3 Å². The molecule has 4 heteroatoms. The fourth-order valence-corrected chi connectivity index (χ4v) is 3.81. The maximum Gasteiger partial charge on any atom is 0.220 e. The minimum Gasteiger partial charge on any atom is -0.353 e. The highest BCUT2D eigenvalue weighted by atomic mass is 35.5. The first kappa shape index (κ1) is 17.8. The number of halogens is 1. The van der Waals surface area contributed by atoms with E-state index < -0.39 is 0 Å². The van der Waals surface area contributed by atoms with Crippen LogP contribution in [-0.2, 0) is 4.79 Å². The van der Waals surface area contributed by atoms with E-state index in [1.54, 1.807) is 0 Å². The molecule has 20 heavy (non-hydrogen) atoms. The monoisotopic (exact) mass is 302 g/mol. The van der Waals surface area contributed by atoms with E-state index in [1.165, 1.54) is 44.9 Å². The highest BCUT2D eigenvalue weighted by Gasteiger charge is 2.26. The van der Waals surface area contributed by atoms with E-state index >= 15 is 0 Å². The van der Waals surface area contributed by atoms with Crippen LogP contribution in [-0.4, -0.2) is 18.0 Å². The lowest BCUT2D eigenvalue weighted by Gasteiger charge is -2.31. The van der Waals surface area contributed by atoms with Crippen molar-refractivity contribution in [1.82, 2.24) is 5.32 Å². The zero-order valence-corrected chi connectivity index (χ0v) is 13.6. The summed E-state index contributed by atoms with van der Waals surface area (Å²) in [5.74, 6) is 1.47. The van der Waals surface area contributed by atoms with Crippen LogP contribution in [0.15, 0.2) is 0 Å². The average Bonchev–Trinajstić information content (AvgIpc) is 2.41. The molecule has 0 radical (unpaired) electrons. The summed E-state index contributed by atoms with van der Waals surface area (Å²) < 4.78 is 0. The van der Waals surface area contributed by atoms with Gasteiger partial charge in [-0.2, -0.15) is 0 Å². The molecule has 0 aliphatic heterocycles. The normalized spacial score (nSPS) is 34.1. The van der Waals surface area contributed by atoms with Crippen molar-refractivity contribution in [2.45, 2.75) is 83.2 Å². The van der Waals surface area contributed by atoms with Crippen molar-refractivity contribution in [3.8, 4) is 0 Å². The number of carbonyl (C=O) groups excluding carboxylic acids is 1. The van der Waals surface area contributed by atoms with E-state index in [0.29, 0.717) is 18.4 Å². The van der Waals surface area contributed by atoms with Crippen LogP contribution >= 0.6 is 12.4 Å². The molecule has 0 bridgehead atoms. The van der Waals surface area contributed by atoms with Gasteiger partial charge >= 0.3 is 0 Å². The Hall–Kier alpha value is -0.280. The second kappa shape index (κ2) is 8.89. The van der Waals surface area contributed by atoms with Crippen LogP contribution in [0.25, 0.3) is 0 Å². The summed E-state index contributed by atoms with van der Waals surface area (Å²) in [5.41, 5.74) is 6.12. The van der Waals surface area contributed by atoms with Gasteiger partial charge in [0.15, 0.2) is 0 Å². The zero-order valence-electron chi connectivity index (χ0n) is 12.8.